The van der Waals surface area contributed by atoms with Gasteiger partial charge in [-0.15, -0.1) is 17.8 Å². The Morgan fingerprint density at radius 3 is 2.87 bits per heavy atom. The number of amides is 2. The summed E-state index contributed by atoms with van der Waals surface area (Å²) in [6, 6.07) is 5.43. The number of nitrogens with one attached hydrogen (secondary N) is 1. The van der Waals surface area contributed by atoms with Crippen LogP contribution in [0.1, 0.15) is 41.4 Å². The smallest absolute Gasteiger partial charge is 0.265 e. The zero-order valence-corrected chi connectivity index (χ0v) is 18.0. The number of thiophene rings is 1. The summed E-state index contributed by atoms with van der Waals surface area (Å²) in [5, 5.41) is 4.14. The molecule has 0 bridgehead atoms. The fourth-order valence-corrected chi connectivity index (χ4v) is 5.58. The number of carbonyl (C=O) groups excluding carboxylic acids is 2. The van der Waals surface area contributed by atoms with Crippen LogP contribution in [-0.4, -0.2) is 35.3 Å². The highest BCUT2D eigenvalue weighted by Gasteiger charge is 2.49. The Morgan fingerprint density at radius 2 is 2.23 bits per heavy atom. The third-order valence-corrected chi connectivity index (χ3v) is 7.16. The normalized spacial score (nSPS) is 18.5. The standard InChI is InChI=1S/C23H20ClFN2O2S/c1-3-5-15(17(25)6-4-2)14-7-8-16-18(11-14)30-21(20(16)24)22(29)27-12-23(13-27)10-9-19(28)26-23/h2,5-8,11H,3,9-10,12-13H2,1H3,(H,26,28)/b15-5-,17-6+. The molecule has 154 valence electrons. The molecule has 2 amide bonds. The fourth-order valence-electron chi connectivity index (χ4n) is 4.06. The summed E-state index contributed by atoms with van der Waals surface area (Å²) in [4.78, 5) is 26.7. The summed E-state index contributed by atoms with van der Waals surface area (Å²) >= 11 is 7.82. The van der Waals surface area contributed by atoms with Crippen molar-refractivity contribution in [2.45, 2.75) is 31.7 Å². The maximum atomic E-state index is 14.4. The minimum absolute atomic E-state index is 0.0385. The number of hydrogen-bond donors (Lipinski definition) is 1. The molecule has 0 aliphatic carbocycles. The van der Waals surface area contributed by atoms with Crippen LogP contribution in [-0.2, 0) is 4.79 Å². The van der Waals surface area contributed by atoms with E-state index in [0.717, 1.165) is 22.6 Å². The van der Waals surface area contributed by atoms with Crippen LogP contribution in [0.25, 0.3) is 15.7 Å². The van der Waals surface area contributed by atoms with Crippen LogP contribution in [0, 0.1) is 12.3 Å². The first-order valence-corrected chi connectivity index (χ1v) is 10.9. The van der Waals surface area contributed by atoms with Crippen LogP contribution in [0.2, 0.25) is 5.02 Å². The highest BCUT2D eigenvalue weighted by Crippen LogP contribution is 2.40. The number of benzene rings is 1. The molecule has 4 rings (SSSR count). The lowest BCUT2D eigenvalue weighted by atomic mass is 9.88. The van der Waals surface area contributed by atoms with Gasteiger partial charge < -0.3 is 10.2 Å². The molecule has 2 aromatic rings. The van der Waals surface area contributed by atoms with Gasteiger partial charge >= 0.3 is 0 Å². The summed E-state index contributed by atoms with van der Waals surface area (Å²) in [5.74, 6) is 1.64. The lowest BCUT2D eigenvalue weighted by Crippen LogP contribution is -2.68. The average Bonchev–Trinajstić information content (AvgIpc) is 3.25. The first kappa shape index (κ1) is 20.6. The molecule has 30 heavy (non-hydrogen) atoms. The van der Waals surface area contributed by atoms with Gasteiger partial charge in [-0.05, 0) is 24.5 Å². The Hall–Kier alpha value is -2.62. The number of nitrogens with zero attached hydrogens (tertiary/aromatic N) is 1. The zero-order chi connectivity index (χ0) is 21.5. The average molecular weight is 443 g/mol. The fraction of sp³-hybridized carbons (Fsp3) is 0.304. The molecule has 0 atom stereocenters. The minimum Gasteiger partial charge on any atom is -0.347 e. The van der Waals surface area contributed by atoms with E-state index in [1.54, 1.807) is 17.0 Å². The SMILES string of the molecule is C#C/C=C(F)\C(=C/CC)c1ccc2c(Cl)c(C(=O)N3CC4(CCC(=O)N4)C3)sc2c1. The molecule has 2 aliphatic heterocycles. The van der Waals surface area contributed by atoms with Gasteiger partial charge in [0.05, 0.1) is 10.6 Å². The second-order valence-corrected chi connectivity index (χ2v) is 9.06. The van der Waals surface area contributed by atoms with E-state index in [9.17, 15) is 14.0 Å². The maximum absolute atomic E-state index is 14.4. The Balaban J connectivity index is 1.62. The second kappa shape index (κ2) is 7.90. The molecule has 4 nitrogen and oxygen atoms in total. The summed E-state index contributed by atoms with van der Waals surface area (Å²) < 4.78 is 15.2. The first-order valence-electron chi connectivity index (χ1n) is 9.72. The Morgan fingerprint density at radius 1 is 1.47 bits per heavy atom. The van der Waals surface area contributed by atoms with Gasteiger partial charge in [0, 0.05) is 41.2 Å². The molecule has 1 aromatic heterocycles. The van der Waals surface area contributed by atoms with Crippen molar-refractivity contribution in [2.24, 2.45) is 0 Å². The van der Waals surface area contributed by atoms with Crippen molar-refractivity contribution < 1.29 is 14.0 Å². The molecular formula is C23H20ClFN2O2S. The third kappa shape index (κ3) is 3.53. The molecule has 0 radical (unpaired) electrons. The number of halogens is 2. The molecule has 1 N–H and O–H groups in total. The van der Waals surface area contributed by atoms with E-state index in [1.807, 2.05) is 19.1 Å². The summed E-state index contributed by atoms with van der Waals surface area (Å²) in [7, 11) is 0. The number of hydrogen-bond acceptors (Lipinski definition) is 3. The quantitative estimate of drug-likeness (QED) is 0.538. The molecule has 2 saturated heterocycles. The van der Waals surface area contributed by atoms with Crippen LogP contribution in [0.5, 0.6) is 0 Å². The van der Waals surface area contributed by atoms with Gasteiger partial charge in [0.2, 0.25) is 5.91 Å². The number of terminal acetylenes is 1. The lowest BCUT2D eigenvalue weighted by molar-refractivity contribution is -0.120. The van der Waals surface area contributed by atoms with Crippen molar-refractivity contribution in [1.29, 1.82) is 0 Å². The Bertz CT molecular complexity index is 1150. The number of carbonyl (C=O) groups is 2. The van der Waals surface area contributed by atoms with Crippen LogP contribution < -0.4 is 5.32 Å². The largest absolute Gasteiger partial charge is 0.347 e. The molecule has 1 aromatic carbocycles. The Kier molecular flexibility index (Phi) is 5.44. The first-order chi connectivity index (χ1) is 14.4. The summed E-state index contributed by atoms with van der Waals surface area (Å²) in [6.45, 7) is 2.92. The minimum atomic E-state index is -0.470. The van der Waals surface area contributed by atoms with Gasteiger partial charge in [-0.1, -0.05) is 42.7 Å². The van der Waals surface area contributed by atoms with Gasteiger partial charge in [-0.3, -0.25) is 9.59 Å². The van der Waals surface area contributed by atoms with Crippen LogP contribution >= 0.6 is 22.9 Å². The van der Waals surface area contributed by atoms with Gasteiger partial charge in [0.15, 0.2) is 0 Å². The molecule has 0 saturated carbocycles. The van der Waals surface area contributed by atoms with E-state index in [0.29, 0.717) is 47.0 Å². The van der Waals surface area contributed by atoms with Crippen molar-refractivity contribution in [1.82, 2.24) is 10.2 Å². The second-order valence-electron chi connectivity index (χ2n) is 7.63. The number of rotatable bonds is 4. The third-order valence-electron chi connectivity index (χ3n) is 5.52. The maximum Gasteiger partial charge on any atom is 0.265 e. The molecule has 3 heterocycles. The Labute approximate surface area is 183 Å². The topological polar surface area (TPSA) is 49.4 Å². The predicted octanol–water partition coefficient (Wildman–Crippen LogP) is 4.94. The van der Waals surface area contributed by atoms with Crippen molar-refractivity contribution in [3.8, 4) is 12.3 Å². The molecule has 1 spiro atoms. The molecule has 7 heteroatoms. The summed E-state index contributed by atoms with van der Waals surface area (Å²) in [6.07, 6.45) is 10.0. The highest BCUT2D eigenvalue weighted by atomic mass is 35.5. The van der Waals surface area contributed by atoms with Gasteiger partial charge in [0.25, 0.3) is 5.91 Å². The van der Waals surface area contributed by atoms with E-state index < -0.39 is 5.83 Å². The van der Waals surface area contributed by atoms with Crippen molar-refractivity contribution in [3.63, 3.8) is 0 Å². The van der Waals surface area contributed by atoms with Crippen LogP contribution in [0.3, 0.4) is 0 Å². The van der Waals surface area contributed by atoms with Crippen molar-refractivity contribution >= 4 is 50.4 Å². The van der Waals surface area contributed by atoms with Gasteiger partial charge in [0.1, 0.15) is 10.7 Å². The molecule has 2 fully saturated rings. The lowest BCUT2D eigenvalue weighted by Gasteiger charge is -2.47. The number of allylic oxidation sites excluding steroid dienone is 4. The number of likely N-dealkylation sites (tertiary alicyclic amines) is 1. The van der Waals surface area contributed by atoms with E-state index in [2.05, 4.69) is 11.2 Å². The van der Waals surface area contributed by atoms with Gasteiger partial charge in [-0.2, -0.15) is 0 Å². The number of fused-ring (bicyclic) bond motifs is 1. The zero-order valence-electron chi connectivity index (χ0n) is 16.4. The predicted molar refractivity (Wildman–Crippen MR) is 119 cm³/mol. The van der Waals surface area contributed by atoms with E-state index in [1.165, 1.54) is 11.3 Å². The van der Waals surface area contributed by atoms with E-state index in [-0.39, 0.29) is 17.4 Å². The molecule has 0 unspecified atom stereocenters. The molecular weight excluding hydrogens is 423 g/mol. The van der Waals surface area contributed by atoms with Crippen molar-refractivity contribution in [2.75, 3.05) is 13.1 Å². The highest BCUT2D eigenvalue weighted by molar-refractivity contribution is 7.21. The molecule has 2 aliphatic rings. The van der Waals surface area contributed by atoms with Crippen LogP contribution in [0.15, 0.2) is 36.2 Å². The van der Waals surface area contributed by atoms with Crippen LogP contribution in [0.4, 0.5) is 4.39 Å². The van der Waals surface area contributed by atoms with Gasteiger partial charge in [-0.25, -0.2) is 4.39 Å². The van der Waals surface area contributed by atoms with Crippen molar-refractivity contribution in [3.05, 3.63) is 51.6 Å². The van der Waals surface area contributed by atoms with E-state index in [4.69, 9.17) is 18.0 Å². The van der Waals surface area contributed by atoms with E-state index >= 15 is 0 Å². The monoisotopic (exact) mass is 442 g/mol. The summed E-state index contributed by atoms with van der Waals surface area (Å²) in [5.41, 5.74) is 0.835.